The Morgan fingerprint density at radius 2 is 2.07 bits per heavy atom. The molecule has 0 aromatic rings. The van der Waals surface area contributed by atoms with Gasteiger partial charge in [-0.3, -0.25) is 4.18 Å². The third kappa shape index (κ3) is 3.59. The van der Waals surface area contributed by atoms with Crippen molar-refractivity contribution in [1.82, 2.24) is 0 Å². The lowest BCUT2D eigenvalue weighted by Gasteiger charge is -2.22. The van der Waals surface area contributed by atoms with E-state index in [-0.39, 0.29) is 6.79 Å². The van der Waals surface area contributed by atoms with E-state index in [1.165, 1.54) is 0 Å². The molecule has 1 aliphatic heterocycles. The molecule has 5 nitrogen and oxygen atoms in total. The second kappa shape index (κ2) is 4.64. The van der Waals surface area contributed by atoms with E-state index in [9.17, 15) is 21.6 Å². The summed E-state index contributed by atoms with van der Waals surface area (Å²) in [4.78, 5) is 0. The van der Waals surface area contributed by atoms with E-state index >= 15 is 0 Å². The van der Waals surface area contributed by atoms with Crippen molar-refractivity contribution in [2.45, 2.75) is 18.0 Å². The van der Waals surface area contributed by atoms with Gasteiger partial charge in [-0.2, -0.15) is 21.6 Å². The molecule has 0 bridgehead atoms. The van der Waals surface area contributed by atoms with E-state index in [4.69, 9.17) is 9.47 Å². The van der Waals surface area contributed by atoms with Gasteiger partial charge in [0.1, 0.15) is 6.79 Å². The summed E-state index contributed by atoms with van der Waals surface area (Å²) in [7, 11) is -5.52. The van der Waals surface area contributed by atoms with Crippen molar-refractivity contribution in [2.75, 3.05) is 20.0 Å². The SMILES string of the molecule is O=S(=O)(OCC1CCOCO1)C(F)(F)F. The predicted molar refractivity (Wildman–Crippen MR) is 41.2 cm³/mol. The Bertz CT molecular complexity index is 292. The van der Waals surface area contributed by atoms with Gasteiger partial charge in [0.05, 0.1) is 19.3 Å². The van der Waals surface area contributed by atoms with Crippen LogP contribution in [0.3, 0.4) is 0 Å². The maximum atomic E-state index is 11.8. The Hall–Kier alpha value is -0.380. The third-order valence-corrected chi connectivity index (χ3v) is 2.68. The van der Waals surface area contributed by atoms with Crippen LogP contribution in [0.2, 0.25) is 0 Å². The first-order valence-electron chi connectivity index (χ1n) is 3.98. The second-order valence-corrected chi connectivity index (χ2v) is 4.39. The Kier molecular flexibility index (Phi) is 3.93. The molecular formula is C6H9F3O5S. The van der Waals surface area contributed by atoms with Crippen LogP contribution in [0, 0.1) is 0 Å². The highest BCUT2D eigenvalue weighted by atomic mass is 32.2. The minimum atomic E-state index is -5.52. The van der Waals surface area contributed by atoms with Gasteiger partial charge in [0, 0.05) is 0 Å². The molecule has 1 unspecified atom stereocenters. The van der Waals surface area contributed by atoms with E-state index in [0.717, 1.165) is 0 Å². The van der Waals surface area contributed by atoms with Gasteiger partial charge in [0.2, 0.25) is 0 Å². The molecule has 0 N–H and O–H groups in total. The molecule has 0 radical (unpaired) electrons. The molecule has 0 amide bonds. The molecule has 0 spiro atoms. The lowest BCUT2D eigenvalue weighted by molar-refractivity contribution is -0.148. The standard InChI is InChI=1S/C6H9F3O5S/c7-6(8,9)15(10,11)14-3-5-1-2-12-4-13-5/h5H,1-4H2. The highest BCUT2D eigenvalue weighted by Gasteiger charge is 2.47. The van der Waals surface area contributed by atoms with Gasteiger partial charge >= 0.3 is 15.6 Å². The van der Waals surface area contributed by atoms with Crippen LogP contribution in [0.4, 0.5) is 13.2 Å². The molecule has 0 aliphatic carbocycles. The lowest BCUT2D eigenvalue weighted by Crippen LogP contribution is -2.33. The maximum absolute atomic E-state index is 11.8. The van der Waals surface area contributed by atoms with Crippen molar-refractivity contribution in [3.05, 3.63) is 0 Å². The summed E-state index contributed by atoms with van der Waals surface area (Å²) in [5, 5.41) is 0. The quantitative estimate of drug-likeness (QED) is 0.542. The average Bonchev–Trinajstić information content (AvgIpc) is 2.15. The summed E-state index contributed by atoms with van der Waals surface area (Å²) in [5.41, 5.74) is -5.39. The zero-order valence-electron chi connectivity index (χ0n) is 7.49. The van der Waals surface area contributed by atoms with Crippen LogP contribution in [0.5, 0.6) is 0 Å². The van der Waals surface area contributed by atoms with Crippen LogP contribution in [0.25, 0.3) is 0 Å². The molecular weight excluding hydrogens is 241 g/mol. The van der Waals surface area contributed by atoms with E-state index in [2.05, 4.69) is 4.18 Å². The monoisotopic (exact) mass is 250 g/mol. The fraction of sp³-hybridized carbons (Fsp3) is 1.00. The Labute approximate surface area is 84.2 Å². The number of rotatable bonds is 3. The number of halogens is 3. The lowest BCUT2D eigenvalue weighted by atomic mass is 10.3. The average molecular weight is 250 g/mol. The molecule has 9 heteroatoms. The topological polar surface area (TPSA) is 61.8 Å². The summed E-state index contributed by atoms with van der Waals surface area (Å²) in [5.74, 6) is 0. The highest BCUT2D eigenvalue weighted by molar-refractivity contribution is 7.87. The maximum Gasteiger partial charge on any atom is 0.523 e. The summed E-state index contributed by atoms with van der Waals surface area (Å²) < 4.78 is 69.7. The van der Waals surface area contributed by atoms with E-state index in [1.54, 1.807) is 0 Å². The molecule has 1 saturated heterocycles. The minimum Gasteiger partial charge on any atom is -0.355 e. The molecule has 1 heterocycles. The number of alkyl halides is 3. The first kappa shape index (κ1) is 12.7. The highest BCUT2D eigenvalue weighted by Crippen LogP contribution is 2.25. The molecule has 0 aromatic carbocycles. The van der Waals surface area contributed by atoms with E-state index < -0.39 is 28.3 Å². The van der Waals surface area contributed by atoms with Crippen LogP contribution in [0.15, 0.2) is 0 Å². The van der Waals surface area contributed by atoms with Crippen molar-refractivity contribution in [2.24, 2.45) is 0 Å². The van der Waals surface area contributed by atoms with Crippen LogP contribution < -0.4 is 0 Å². The number of ether oxygens (including phenoxy) is 2. The summed E-state index contributed by atoms with van der Waals surface area (Å²) in [6, 6.07) is 0. The van der Waals surface area contributed by atoms with Crippen LogP contribution in [-0.4, -0.2) is 40.0 Å². The molecule has 90 valence electrons. The van der Waals surface area contributed by atoms with Crippen LogP contribution in [-0.2, 0) is 23.8 Å². The van der Waals surface area contributed by atoms with Crippen molar-refractivity contribution < 1.29 is 35.2 Å². The van der Waals surface area contributed by atoms with Crippen molar-refractivity contribution in [3.8, 4) is 0 Å². The van der Waals surface area contributed by atoms with Gasteiger partial charge in [0.25, 0.3) is 0 Å². The number of hydrogen-bond donors (Lipinski definition) is 0. The Morgan fingerprint density at radius 3 is 2.53 bits per heavy atom. The zero-order chi connectivity index (χ0) is 11.5. The summed E-state index contributed by atoms with van der Waals surface area (Å²) in [6.07, 6.45) is -0.385. The smallest absolute Gasteiger partial charge is 0.355 e. The molecule has 1 aliphatic rings. The van der Waals surface area contributed by atoms with Gasteiger partial charge in [0.15, 0.2) is 0 Å². The number of hydrogen-bond acceptors (Lipinski definition) is 5. The van der Waals surface area contributed by atoms with Crippen molar-refractivity contribution in [1.29, 1.82) is 0 Å². The fourth-order valence-corrected chi connectivity index (χ4v) is 1.33. The minimum absolute atomic E-state index is 0.0694. The molecule has 1 atom stereocenters. The van der Waals surface area contributed by atoms with Crippen molar-refractivity contribution in [3.63, 3.8) is 0 Å². The fourth-order valence-electron chi connectivity index (χ4n) is 0.865. The largest absolute Gasteiger partial charge is 0.523 e. The molecule has 0 aromatic heterocycles. The Morgan fingerprint density at radius 1 is 1.40 bits per heavy atom. The van der Waals surface area contributed by atoms with Crippen LogP contribution in [0.1, 0.15) is 6.42 Å². The van der Waals surface area contributed by atoms with E-state index in [1.807, 2.05) is 0 Å². The first-order valence-corrected chi connectivity index (χ1v) is 5.39. The van der Waals surface area contributed by atoms with Gasteiger partial charge in [-0.05, 0) is 6.42 Å². The zero-order valence-corrected chi connectivity index (χ0v) is 8.31. The van der Waals surface area contributed by atoms with E-state index in [0.29, 0.717) is 13.0 Å². The summed E-state index contributed by atoms with van der Waals surface area (Å²) in [6.45, 7) is -0.411. The molecule has 15 heavy (non-hydrogen) atoms. The third-order valence-electron chi connectivity index (χ3n) is 1.66. The van der Waals surface area contributed by atoms with Crippen molar-refractivity contribution >= 4 is 10.1 Å². The first-order chi connectivity index (χ1) is 6.83. The van der Waals surface area contributed by atoms with Gasteiger partial charge in [-0.25, -0.2) is 0 Å². The van der Waals surface area contributed by atoms with Gasteiger partial charge in [-0.1, -0.05) is 0 Å². The molecule has 1 rings (SSSR count). The van der Waals surface area contributed by atoms with Gasteiger partial charge < -0.3 is 9.47 Å². The molecule has 1 fully saturated rings. The normalized spacial score (nSPS) is 24.1. The Balaban J connectivity index is 2.42. The molecule has 0 saturated carbocycles. The summed E-state index contributed by atoms with van der Waals surface area (Å²) >= 11 is 0. The predicted octanol–water partition coefficient (Wildman–Crippen LogP) is 0.616. The van der Waals surface area contributed by atoms with Crippen LogP contribution >= 0.6 is 0 Å². The second-order valence-electron chi connectivity index (χ2n) is 2.79. The van der Waals surface area contributed by atoms with Gasteiger partial charge in [-0.15, -0.1) is 0 Å².